The van der Waals surface area contributed by atoms with Gasteiger partial charge in [0.2, 0.25) is 0 Å². The number of carboxylic acids is 1. The SMILES string of the molecule is CCOc1cc(/C=C2\CCCc3c2nc2ccccc2c3C(=O)O)cc(Cl)c1OCC(=O)N(C)C. The molecule has 0 radical (unpaired) electrons. The molecule has 1 aliphatic rings. The van der Waals surface area contributed by atoms with Crippen molar-refractivity contribution < 1.29 is 24.2 Å². The molecule has 35 heavy (non-hydrogen) atoms. The first-order valence-corrected chi connectivity index (χ1v) is 11.8. The van der Waals surface area contributed by atoms with Crippen LogP contribution < -0.4 is 9.47 Å². The second-order valence-electron chi connectivity index (χ2n) is 8.50. The topological polar surface area (TPSA) is 89.0 Å². The molecule has 2 aromatic carbocycles. The lowest BCUT2D eigenvalue weighted by Crippen LogP contribution is -2.27. The molecule has 0 aliphatic heterocycles. The lowest BCUT2D eigenvalue weighted by molar-refractivity contribution is -0.130. The molecule has 1 aromatic heterocycles. The number of allylic oxidation sites excluding steroid dienone is 1. The first-order chi connectivity index (χ1) is 16.8. The van der Waals surface area contributed by atoms with E-state index in [0.29, 0.717) is 51.7 Å². The number of amides is 1. The Balaban J connectivity index is 1.78. The third-order valence-corrected chi connectivity index (χ3v) is 6.18. The number of halogens is 1. The maximum absolute atomic E-state index is 12.2. The van der Waals surface area contributed by atoms with E-state index in [1.165, 1.54) is 4.90 Å². The van der Waals surface area contributed by atoms with Crippen molar-refractivity contribution >= 4 is 46.0 Å². The number of nitrogens with zero attached hydrogens (tertiary/aromatic N) is 2. The number of hydrogen-bond acceptors (Lipinski definition) is 5. The quantitative estimate of drug-likeness (QED) is 0.477. The molecule has 182 valence electrons. The van der Waals surface area contributed by atoms with Crippen LogP contribution in [0.5, 0.6) is 11.5 Å². The van der Waals surface area contributed by atoms with E-state index in [4.69, 9.17) is 26.1 Å². The van der Waals surface area contributed by atoms with Gasteiger partial charge in [-0.3, -0.25) is 4.79 Å². The zero-order valence-corrected chi connectivity index (χ0v) is 20.7. The lowest BCUT2D eigenvalue weighted by atomic mass is 9.86. The summed E-state index contributed by atoms with van der Waals surface area (Å²) in [5.41, 5.74) is 4.15. The Hall–Kier alpha value is -3.58. The number of pyridine rings is 1. The Kier molecular flexibility index (Phi) is 7.26. The van der Waals surface area contributed by atoms with Crippen LogP contribution in [-0.4, -0.2) is 54.2 Å². The van der Waals surface area contributed by atoms with E-state index in [1.54, 1.807) is 26.2 Å². The van der Waals surface area contributed by atoms with E-state index in [0.717, 1.165) is 29.5 Å². The number of rotatable bonds is 7. The van der Waals surface area contributed by atoms with Gasteiger partial charge < -0.3 is 19.5 Å². The Bertz CT molecular complexity index is 1330. The summed E-state index contributed by atoms with van der Waals surface area (Å²) in [6.45, 7) is 2.09. The standard InChI is InChI=1S/C27H27ClN2O5/c1-4-34-22-14-16(13-20(28)26(22)35-15-23(31)30(2)3)12-17-8-7-10-19-24(27(32)33)18-9-5-6-11-21(18)29-25(17)19/h5-6,9,11-14H,4,7-8,10,15H2,1-3H3,(H,32,33)/b17-12+. The number of carboxylic acid groups (broad SMARTS) is 1. The van der Waals surface area contributed by atoms with E-state index in [9.17, 15) is 14.7 Å². The largest absolute Gasteiger partial charge is 0.490 e. The molecule has 0 fully saturated rings. The highest BCUT2D eigenvalue weighted by molar-refractivity contribution is 6.32. The van der Waals surface area contributed by atoms with Crippen LogP contribution in [0.1, 0.15) is 46.9 Å². The fourth-order valence-corrected chi connectivity index (χ4v) is 4.53. The Morgan fingerprint density at radius 2 is 1.94 bits per heavy atom. The van der Waals surface area contributed by atoms with Crippen LogP contribution in [0.15, 0.2) is 36.4 Å². The molecule has 8 heteroatoms. The summed E-state index contributed by atoms with van der Waals surface area (Å²) in [5.74, 6) is -0.392. The molecule has 0 unspecified atom stereocenters. The number of ether oxygens (including phenoxy) is 2. The van der Waals surface area contributed by atoms with Crippen molar-refractivity contribution in [3.63, 3.8) is 0 Å². The van der Waals surface area contributed by atoms with Gasteiger partial charge in [0.25, 0.3) is 5.91 Å². The van der Waals surface area contributed by atoms with Crippen LogP contribution in [0.4, 0.5) is 0 Å². The van der Waals surface area contributed by atoms with Crippen molar-refractivity contribution in [2.45, 2.75) is 26.2 Å². The minimum atomic E-state index is -0.948. The zero-order chi connectivity index (χ0) is 25.1. The van der Waals surface area contributed by atoms with Gasteiger partial charge in [-0.1, -0.05) is 29.8 Å². The van der Waals surface area contributed by atoms with E-state index in [2.05, 4.69) is 0 Å². The van der Waals surface area contributed by atoms with Crippen molar-refractivity contribution in [2.24, 2.45) is 0 Å². The van der Waals surface area contributed by atoms with E-state index < -0.39 is 5.97 Å². The maximum Gasteiger partial charge on any atom is 0.336 e. The van der Waals surface area contributed by atoms with Gasteiger partial charge in [-0.2, -0.15) is 0 Å². The third-order valence-electron chi connectivity index (χ3n) is 5.90. The number of fused-ring (bicyclic) bond motifs is 2. The molecule has 4 rings (SSSR count). The number of carbonyl (C=O) groups excluding carboxylic acids is 1. The van der Waals surface area contributed by atoms with Crippen molar-refractivity contribution in [3.05, 3.63) is 63.8 Å². The minimum absolute atomic E-state index is 0.157. The molecular weight excluding hydrogens is 468 g/mol. The van der Waals surface area contributed by atoms with Crippen LogP contribution in [0, 0.1) is 0 Å². The van der Waals surface area contributed by atoms with Crippen LogP contribution >= 0.6 is 11.6 Å². The number of aromatic nitrogens is 1. The van der Waals surface area contributed by atoms with Gasteiger partial charge in [0.05, 0.1) is 28.4 Å². The summed E-state index contributed by atoms with van der Waals surface area (Å²) in [6.07, 6.45) is 4.20. The number of para-hydroxylation sites is 1. The van der Waals surface area contributed by atoms with Crippen LogP contribution in [0.25, 0.3) is 22.6 Å². The van der Waals surface area contributed by atoms with Gasteiger partial charge in [-0.15, -0.1) is 0 Å². The number of hydrogen-bond donors (Lipinski definition) is 1. The average Bonchev–Trinajstić information content (AvgIpc) is 2.82. The first kappa shape index (κ1) is 24.5. The number of likely N-dealkylation sites (N-methyl/N-ethyl adjacent to an activating group) is 1. The van der Waals surface area contributed by atoms with Crippen molar-refractivity contribution in [2.75, 3.05) is 27.3 Å². The summed E-state index contributed by atoms with van der Waals surface area (Å²) in [4.78, 5) is 30.4. The van der Waals surface area contributed by atoms with Crippen LogP contribution in [0.2, 0.25) is 5.02 Å². The molecular formula is C27H27ClN2O5. The van der Waals surface area contributed by atoms with Gasteiger partial charge in [0, 0.05) is 19.5 Å². The summed E-state index contributed by atoms with van der Waals surface area (Å²) in [5, 5.41) is 10.9. The number of carbonyl (C=O) groups is 2. The molecule has 1 N–H and O–H groups in total. The monoisotopic (exact) mass is 494 g/mol. The van der Waals surface area contributed by atoms with Crippen molar-refractivity contribution in [1.29, 1.82) is 0 Å². The second-order valence-corrected chi connectivity index (χ2v) is 8.91. The van der Waals surface area contributed by atoms with Gasteiger partial charge in [-0.05, 0) is 67.2 Å². The predicted molar refractivity (Wildman–Crippen MR) is 136 cm³/mol. The fourth-order valence-electron chi connectivity index (χ4n) is 4.26. The maximum atomic E-state index is 12.2. The number of aromatic carboxylic acids is 1. The predicted octanol–water partition coefficient (Wildman–Crippen LogP) is 5.33. The van der Waals surface area contributed by atoms with E-state index >= 15 is 0 Å². The van der Waals surface area contributed by atoms with E-state index in [-0.39, 0.29) is 12.5 Å². The first-order valence-electron chi connectivity index (χ1n) is 11.4. The molecule has 0 saturated carbocycles. The molecule has 1 heterocycles. The summed E-state index contributed by atoms with van der Waals surface area (Å²) < 4.78 is 11.4. The average molecular weight is 495 g/mol. The van der Waals surface area contributed by atoms with Crippen LogP contribution in [0.3, 0.4) is 0 Å². The highest BCUT2D eigenvalue weighted by atomic mass is 35.5. The molecule has 1 aliphatic carbocycles. The van der Waals surface area contributed by atoms with Gasteiger partial charge in [0.1, 0.15) is 0 Å². The Morgan fingerprint density at radius 3 is 2.66 bits per heavy atom. The fraction of sp³-hybridized carbons (Fsp3) is 0.296. The molecule has 0 saturated heterocycles. The Morgan fingerprint density at radius 1 is 1.17 bits per heavy atom. The third kappa shape index (κ3) is 5.10. The summed E-state index contributed by atoms with van der Waals surface area (Å²) in [6, 6.07) is 10.9. The number of benzene rings is 2. The van der Waals surface area contributed by atoms with Gasteiger partial charge in [0.15, 0.2) is 18.1 Å². The highest BCUT2D eigenvalue weighted by Gasteiger charge is 2.25. The van der Waals surface area contributed by atoms with Crippen molar-refractivity contribution in [3.8, 4) is 11.5 Å². The molecule has 0 atom stereocenters. The highest BCUT2D eigenvalue weighted by Crippen LogP contribution is 2.40. The molecule has 1 amide bonds. The zero-order valence-electron chi connectivity index (χ0n) is 19.9. The smallest absolute Gasteiger partial charge is 0.336 e. The summed E-state index contributed by atoms with van der Waals surface area (Å²) >= 11 is 6.54. The minimum Gasteiger partial charge on any atom is -0.490 e. The molecule has 0 spiro atoms. The van der Waals surface area contributed by atoms with E-state index in [1.807, 2.05) is 37.3 Å². The molecule has 7 nitrogen and oxygen atoms in total. The lowest BCUT2D eigenvalue weighted by Gasteiger charge is -2.22. The molecule has 3 aromatic rings. The van der Waals surface area contributed by atoms with Gasteiger partial charge in [-0.25, -0.2) is 9.78 Å². The second kappa shape index (κ2) is 10.4. The normalized spacial score (nSPS) is 14.0. The van der Waals surface area contributed by atoms with Gasteiger partial charge >= 0.3 is 5.97 Å². The Labute approximate surface area is 208 Å². The van der Waals surface area contributed by atoms with Crippen LogP contribution in [-0.2, 0) is 11.2 Å². The molecule has 0 bridgehead atoms. The summed E-state index contributed by atoms with van der Waals surface area (Å²) in [7, 11) is 3.31. The van der Waals surface area contributed by atoms with Crippen molar-refractivity contribution in [1.82, 2.24) is 9.88 Å².